The van der Waals surface area contributed by atoms with Gasteiger partial charge in [0.05, 0.1) is 48.0 Å². The second kappa shape index (κ2) is 13.8. The topological polar surface area (TPSA) is 212 Å². The fourth-order valence-corrected chi connectivity index (χ4v) is 6.55. The zero-order valence-corrected chi connectivity index (χ0v) is 26.1. The normalized spacial score (nSPS) is 20.3. The number of carbonyl (C=O) groups is 2. The molecular formula is C32H34N8O8. The average Bonchev–Trinajstić information content (AvgIpc) is 3.85. The van der Waals surface area contributed by atoms with Crippen molar-refractivity contribution in [1.29, 1.82) is 5.26 Å². The predicted molar refractivity (Wildman–Crippen MR) is 167 cm³/mol. The number of aromatic nitrogens is 5. The summed E-state index contributed by atoms with van der Waals surface area (Å²) in [5.74, 6) is -0.726. The fourth-order valence-electron chi connectivity index (χ4n) is 6.55. The third-order valence-electron chi connectivity index (χ3n) is 8.94. The average molecular weight is 659 g/mol. The molecule has 0 spiro atoms. The van der Waals surface area contributed by atoms with Crippen LogP contribution in [0.15, 0.2) is 49.2 Å². The molecule has 16 heteroatoms. The van der Waals surface area contributed by atoms with E-state index in [2.05, 4.69) is 21.1 Å². The lowest BCUT2D eigenvalue weighted by molar-refractivity contribution is -0.385. The van der Waals surface area contributed by atoms with Gasteiger partial charge in [-0.1, -0.05) is 12.8 Å². The molecule has 1 saturated carbocycles. The zero-order chi connectivity index (χ0) is 33.9. The van der Waals surface area contributed by atoms with Crippen LogP contribution in [-0.2, 0) is 16.1 Å². The van der Waals surface area contributed by atoms with Crippen LogP contribution in [0.5, 0.6) is 5.75 Å². The number of hydrogen-bond acceptors (Lipinski definition) is 11. The SMILES string of the molecule is CN(Cc1cc([N+](=O)[O-])ccc1O[C@H]1C[C@@H](O)C[C@@H](C(=O)O)O1)C(=O)n1ccc2c(-c3cnn([C@H](CC#N)C4CCCC4)c3)ncnc21. The lowest BCUT2D eigenvalue weighted by Gasteiger charge is -2.31. The van der Waals surface area contributed by atoms with Gasteiger partial charge in [-0.15, -0.1) is 0 Å². The van der Waals surface area contributed by atoms with Crippen molar-refractivity contribution >= 4 is 28.7 Å². The zero-order valence-electron chi connectivity index (χ0n) is 26.1. The summed E-state index contributed by atoms with van der Waals surface area (Å²) in [4.78, 5) is 46.4. The maximum Gasteiger partial charge on any atom is 0.333 e. The number of amides is 1. The van der Waals surface area contributed by atoms with Crippen molar-refractivity contribution in [2.75, 3.05) is 7.05 Å². The summed E-state index contributed by atoms with van der Waals surface area (Å²) >= 11 is 0. The minimum Gasteiger partial charge on any atom is -0.479 e. The van der Waals surface area contributed by atoms with Crippen LogP contribution in [0.3, 0.4) is 0 Å². The largest absolute Gasteiger partial charge is 0.479 e. The van der Waals surface area contributed by atoms with E-state index in [9.17, 15) is 35.2 Å². The van der Waals surface area contributed by atoms with Crippen LogP contribution in [0.1, 0.15) is 56.6 Å². The molecule has 2 fully saturated rings. The standard InChI is InChI=1S/C32H34N8O8/c1-37(16-20-12-22(40(45)46)6-7-26(20)47-28-14-23(41)13-27(48-28)31(42)43)32(44)38-11-9-24-29(34-18-35-30(24)38)21-15-36-39(17-21)25(8-10-33)19-4-2-3-5-19/h6-7,9,11-12,15,17-19,23,25,27-28,41H,2-5,8,13-14,16H2,1H3,(H,42,43)/t23-,25+,27-,28+/m0/s1. The summed E-state index contributed by atoms with van der Waals surface area (Å²) in [6.07, 6.45) is 7.78. The van der Waals surface area contributed by atoms with Crippen molar-refractivity contribution < 1.29 is 34.2 Å². The monoisotopic (exact) mass is 658 g/mol. The summed E-state index contributed by atoms with van der Waals surface area (Å²) in [7, 11) is 1.52. The highest BCUT2D eigenvalue weighted by Gasteiger charge is 2.35. The molecule has 4 aromatic rings. The number of non-ortho nitro benzene ring substituents is 1. The number of nitriles is 1. The molecule has 1 aliphatic heterocycles. The number of nitro groups is 1. The van der Waals surface area contributed by atoms with Crippen molar-refractivity contribution in [1.82, 2.24) is 29.2 Å². The highest BCUT2D eigenvalue weighted by Crippen LogP contribution is 2.37. The summed E-state index contributed by atoms with van der Waals surface area (Å²) < 4.78 is 14.6. The Balaban J connectivity index is 1.24. The van der Waals surface area contributed by atoms with E-state index in [1.165, 1.54) is 41.0 Å². The van der Waals surface area contributed by atoms with Crippen LogP contribution in [0.25, 0.3) is 22.3 Å². The van der Waals surface area contributed by atoms with Gasteiger partial charge in [0.25, 0.3) is 5.69 Å². The van der Waals surface area contributed by atoms with Crippen molar-refractivity contribution in [2.24, 2.45) is 5.92 Å². The molecule has 48 heavy (non-hydrogen) atoms. The summed E-state index contributed by atoms with van der Waals surface area (Å²) in [5.41, 5.74) is 1.67. The molecule has 1 amide bonds. The van der Waals surface area contributed by atoms with Gasteiger partial charge >= 0.3 is 12.0 Å². The number of nitrogens with zero attached hydrogens (tertiary/aromatic N) is 8. The van der Waals surface area contributed by atoms with E-state index in [0.29, 0.717) is 29.1 Å². The fraction of sp³-hybridized carbons (Fsp3) is 0.438. The first-order valence-corrected chi connectivity index (χ1v) is 15.6. The first kappa shape index (κ1) is 32.5. The Morgan fingerprint density at radius 1 is 1.25 bits per heavy atom. The molecule has 4 atom stereocenters. The van der Waals surface area contributed by atoms with E-state index in [1.807, 2.05) is 10.9 Å². The van der Waals surface area contributed by atoms with Crippen LogP contribution in [-0.4, -0.2) is 81.9 Å². The van der Waals surface area contributed by atoms with E-state index in [4.69, 9.17) is 9.47 Å². The van der Waals surface area contributed by atoms with Gasteiger partial charge in [-0.25, -0.2) is 19.6 Å². The molecule has 3 aromatic heterocycles. The Morgan fingerprint density at radius 2 is 2.04 bits per heavy atom. The van der Waals surface area contributed by atoms with E-state index in [0.717, 1.165) is 31.2 Å². The molecule has 1 aromatic carbocycles. The summed E-state index contributed by atoms with van der Waals surface area (Å²) in [6.45, 7) is -0.126. The molecule has 2 N–H and O–H groups in total. The number of fused-ring (bicyclic) bond motifs is 1. The van der Waals surface area contributed by atoms with Crippen LogP contribution in [0.2, 0.25) is 0 Å². The van der Waals surface area contributed by atoms with Crippen molar-refractivity contribution in [3.63, 3.8) is 0 Å². The van der Waals surface area contributed by atoms with Crippen molar-refractivity contribution in [3.8, 4) is 23.1 Å². The van der Waals surface area contributed by atoms with Gasteiger partial charge in [-0.3, -0.25) is 19.4 Å². The second-order valence-corrected chi connectivity index (χ2v) is 12.2. The summed E-state index contributed by atoms with van der Waals surface area (Å²) in [5, 5.41) is 45.8. The molecule has 0 bridgehead atoms. The number of ether oxygens (including phenoxy) is 2. The Bertz CT molecular complexity index is 1880. The van der Waals surface area contributed by atoms with Gasteiger partial charge in [0.2, 0.25) is 6.29 Å². The first-order chi connectivity index (χ1) is 23.1. The van der Waals surface area contributed by atoms with Gasteiger partial charge < -0.3 is 24.6 Å². The van der Waals surface area contributed by atoms with E-state index < -0.39 is 35.4 Å². The lowest BCUT2D eigenvalue weighted by Crippen LogP contribution is -2.42. The molecule has 16 nitrogen and oxygen atoms in total. The molecule has 4 heterocycles. The minimum atomic E-state index is -1.28. The van der Waals surface area contributed by atoms with E-state index in [1.54, 1.807) is 18.5 Å². The van der Waals surface area contributed by atoms with Gasteiger partial charge in [0.15, 0.2) is 11.8 Å². The second-order valence-electron chi connectivity index (χ2n) is 12.2. The number of aliphatic carboxylic acids is 1. The van der Waals surface area contributed by atoms with Crippen LogP contribution < -0.4 is 4.74 Å². The number of aliphatic hydroxyl groups is 1. The number of carbonyl (C=O) groups excluding carboxylic acids is 1. The molecule has 6 rings (SSSR count). The maximum absolute atomic E-state index is 13.7. The molecule has 1 aliphatic carbocycles. The highest BCUT2D eigenvalue weighted by atomic mass is 16.7. The van der Waals surface area contributed by atoms with Crippen LogP contribution in [0, 0.1) is 27.4 Å². The number of carboxylic acids is 1. The third-order valence-corrected chi connectivity index (χ3v) is 8.94. The Labute approximate surface area is 274 Å². The number of hydrogen-bond donors (Lipinski definition) is 2. The van der Waals surface area contributed by atoms with E-state index >= 15 is 0 Å². The van der Waals surface area contributed by atoms with Crippen LogP contribution >= 0.6 is 0 Å². The molecule has 0 radical (unpaired) electrons. The van der Waals surface area contributed by atoms with Gasteiger partial charge in [-0.2, -0.15) is 10.4 Å². The van der Waals surface area contributed by atoms with Crippen LogP contribution in [0.4, 0.5) is 10.5 Å². The van der Waals surface area contributed by atoms with Gasteiger partial charge in [-0.05, 0) is 30.9 Å². The first-order valence-electron chi connectivity index (χ1n) is 15.6. The van der Waals surface area contributed by atoms with E-state index in [-0.39, 0.29) is 42.4 Å². The smallest absolute Gasteiger partial charge is 0.333 e. The highest BCUT2D eigenvalue weighted by molar-refractivity contribution is 5.96. The Hall–Kier alpha value is -5.40. The summed E-state index contributed by atoms with van der Waals surface area (Å²) in [6, 6.07) is 7.35. The number of nitro benzene ring substituents is 1. The quantitative estimate of drug-likeness (QED) is 0.181. The lowest BCUT2D eigenvalue weighted by atomic mass is 9.96. The van der Waals surface area contributed by atoms with Crippen molar-refractivity contribution in [3.05, 3.63) is 64.9 Å². The van der Waals surface area contributed by atoms with Crippen molar-refractivity contribution in [2.45, 2.75) is 76.0 Å². The number of benzene rings is 1. The molecular weight excluding hydrogens is 624 g/mol. The Morgan fingerprint density at radius 3 is 2.77 bits per heavy atom. The number of aliphatic hydroxyl groups excluding tert-OH is 1. The number of rotatable bonds is 10. The van der Waals surface area contributed by atoms with Gasteiger partial charge in [0, 0.05) is 60.9 Å². The number of carboxylic acid groups (broad SMARTS) is 1. The molecule has 1 saturated heterocycles. The minimum absolute atomic E-state index is 0.00909. The third kappa shape index (κ3) is 6.68. The molecule has 2 aliphatic rings. The Kier molecular flexibility index (Phi) is 9.33. The van der Waals surface area contributed by atoms with Gasteiger partial charge in [0.1, 0.15) is 12.1 Å². The molecule has 250 valence electrons. The maximum atomic E-state index is 13.7. The molecule has 0 unspecified atom stereocenters. The predicted octanol–water partition coefficient (Wildman–Crippen LogP) is 4.28.